The van der Waals surface area contributed by atoms with Gasteiger partial charge in [-0.3, -0.25) is 4.90 Å². The summed E-state index contributed by atoms with van der Waals surface area (Å²) in [6.45, 7) is 5.20. The molecule has 2 aliphatic rings. The predicted molar refractivity (Wildman–Crippen MR) is 114 cm³/mol. The molecule has 0 aliphatic carbocycles. The molecule has 0 N–H and O–H groups in total. The molecule has 3 aromatic rings. The Balaban J connectivity index is 1.39. The molecule has 140 valence electrons. The molecule has 0 radical (unpaired) electrons. The van der Waals surface area contributed by atoms with Crippen LogP contribution in [0.5, 0.6) is 11.5 Å². The van der Waals surface area contributed by atoms with Gasteiger partial charge in [-0.1, -0.05) is 60.7 Å². The van der Waals surface area contributed by atoms with Gasteiger partial charge in [0, 0.05) is 49.5 Å². The van der Waals surface area contributed by atoms with Gasteiger partial charge in [-0.25, -0.2) is 0 Å². The lowest BCUT2D eigenvalue weighted by atomic mass is 10.1. The fourth-order valence-electron chi connectivity index (χ4n) is 4.05. The second kappa shape index (κ2) is 7.53. The van der Waals surface area contributed by atoms with Crippen molar-refractivity contribution >= 4 is 11.8 Å². The van der Waals surface area contributed by atoms with Crippen LogP contribution in [0.25, 0.3) is 11.8 Å². The lowest BCUT2D eigenvalue weighted by Gasteiger charge is -2.37. The van der Waals surface area contributed by atoms with E-state index in [1.54, 1.807) is 0 Å². The topological polar surface area (TPSA) is 15.7 Å². The SMILES string of the molecule is C1=C(N2CCN(Cc3ccccc3)CC2)c2ccccc2Oc2ccccc21. The van der Waals surface area contributed by atoms with Gasteiger partial charge in [0.25, 0.3) is 0 Å². The predicted octanol–water partition coefficient (Wildman–Crippen LogP) is 5.11. The summed E-state index contributed by atoms with van der Waals surface area (Å²) in [4.78, 5) is 5.05. The number of rotatable bonds is 3. The van der Waals surface area contributed by atoms with Gasteiger partial charge in [-0.2, -0.15) is 0 Å². The summed E-state index contributed by atoms with van der Waals surface area (Å²) in [5.41, 5.74) is 4.97. The molecule has 1 fully saturated rings. The average Bonchev–Trinajstić information content (AvgIpc) is 2.92. The maximum atomic E-state index is 6.23. The average molecular weight is 368 g/mol. The highest BCUT2D eigenvalue weighted by atomic mass is 16.5. The molecule has 0 aromatic heterocycles. The number of fused-ring (bicyclic) bond motifs is 2. The highest BCUT2D eigenvalue weighted by molar-refractivity contribution is 5.86. The third-order valence-electron chi connectivity index (χ3n) is 5.56. The highest BCUT2D eigenvalue weighted by Crippen LogP contribution is 2.39. The first-order valence-corrected chi connectivity index (χ1v) is 9.96. The van der Waals surface area contributed by atoms with E-state index in [0.717, 1.165) is 49.8 Å². The molecule has 0 bridgehead atoms. The highest BCUT2D eigenvalue weighted by Gasteiger charge is 2.24. The van der Waals surface area contributed by atoms with E-state index in [-0.39, 0.29) is 0 Å². The fourth-order valence-corrected chi connectivity index (χ4v) is 4.05. The van der Waals surface area contributed by atoms with Crippen molar-refractivity contribution < 1.29 is 4.74 Å². The van der Waals surface area contributed by atoms with Crippen LogP contribution in [0.4, 0.5) is 0 Å². The van der Waals surface area contributed by atoms with Crippen molar-refractivity contribution in [3.63, 3.8) is 0 Å². The summed E-state index contributed by atoms with van der Waals surface area (Å²) >= 11 is 0. The minimum atomic E-state index is 0.924. The molecule has 0 atom stereocenters. The Morgan fingerprint density at radius 2 is 1.36 bits per heavy atom. The third-order valence-corrected chi connectivity index (χ3v) is 5.56. The summed E-state index contributed by atoms with van der Waals surface area (Å²) < 4.78 is 6.23. The van der Waals surface area contributed by atoms with Gasteiger partial charge >= 0.3 is 0 Å². The van der Waals surface area contributed by atoms with E-state index in [4.69, 9.17) is 4.74 Å². The number of nitrogens with zero attached hydrogens (tertiary/aromatic N) is 2. The van der Waals surface area contributed by atoms with E-state index in [0.29, 0.717) is 0 Å². The number of piperazine rings is 1. The van der Waals surface area contributed by atoms with Crippen LogP contribution in [0.2, 0.25) is 0 Å². The van der Waals surface area contributed by atoms with Crippen LogP contribution >= 0.6 is 0 Å². The summed E-state index contributed by atoms with van der Waals surface area (Å²) in [6.07, 6.45) is 2.29. The largest absolute Gasteiger partial charge is 0.456 e. The van der Waals surface area contributed by atoms with E-state index in [9.17, 15) is 0 Å². The van der Waals surface area contributed by atoms with Crippen molar-refractivity contribution in [1.29, 1.82) is 0 Å². The molecular formula is C25H24N2O. The molecule has 3 nitrogen and oxygen atoms in total. The minimum Gasteiger partial charge on any atom is -0.456 e. The van der Waals surface area contributed by atoms with Crippen molar-refractivity contribution in [2.75, 3.05) is 26.2 Å². The summed E-state index contributed by atoms with van der Waals surface area (Å²) in [5, 5.41) is 0. The lowest BCUT2D eigenvalue weighted by Crippen LogP contribution is -2.44. The Bertz CT molecular complexity index is 988. The van der Waals surface area contributed by atoms with Crippen molar-refractivity contribution in [2.45, 2.75) is 6.54 Å². The normalized spacial score (nSPS) is 16.4. The quantitative estimate of drug-likeness (QED) is 0.639. The smallest absolute Gasteiger partial charge is 0.136 e. The Morgan fingerprint density at radius 3 is 2.18 bits per heavy atom. The van der Waals surface area contributed by atoms with E-state index in [2.05, 4.69) is 76.5 Å². The molecule has 2 aliphatic heterocycles. The summed E-state index contributed by atoms with van der Waals surface area (Å²) in [7, 11) is 0. The summed E-state index contributed by atoms with van der Waals surface area (Å²) in [6, 6.07) is 27.4. The molecular weight excluding hydrogens is 344 g/mol. The van der Waals surface area contributed by atoms with E-state index >= 15 is 0 Å². The number of hydrogen-bond donors (Lipinski definition) is 0. The Kier molecular flexibility index (Phi) is 4.59. The second-order valence-corrected chi connectivity index (χ2v) is 7.41. The maximum Gasteiger partial charge on any atom is 0.136 e. The number of ether oxygens (including phenoxy) is 1. The van der Waals surface area contributed by atoms with Crippen LogP contribution in [0, 0.1) is 0 Å². The van der Waals surface area contributed by atoms with Crippen molar-refractivity contribution in [1.82, 2.24) is 9.80 Å². The van der Waals surface area contributed by atoms with Gasteiger partial charge in [0.15, 0.2) is 0 Å². The van der Waals surface area contributed by atoms with Gasteiger partial charge in [-0.05, 0) is 29.8 Å². The molecule has 2 heterocycles. The van der Waals surface area contributed by atoms with Crippen LogP contribution in [-0.4, -0.2) is 36.0 Å². The van der Waals surface area contributed by atoms with Gasteiger partial charge in [0.2, 0.25) is 0 Å². The van der Waals surface area contributed by atoms with Gasteiger partial charge in [-0.15, -0.1) is 0 Å². The first-order chi connectivity index (χ1) is 13.9. The first kappa shape index (κ1) is 17.1. The summed E-state index contributed by atoms with van der Waals surface area (Å²) in [5.74, 6) is 1.86. The zero-order valence-electron chi connectivity index (χ0n) is 15.9. The van der Waals surface area contributed by atoms with Crippen LogP contribution < -0.4 is 4.74 Å². The maximum absolute atomic E-state index is 6.23. The minimum absolute atomic E-state index is 0.924. The van der Waals surface area contributed by atoms with Crippen LogP contribution in [0.3, 0.4) is 0 Å². The number of para-hydroxylation sites is 2. The van der Waals surface area contributed by atoms with Gasteiger partial charge in [0.05, 0.1) is 0 Å². The number of hydrogen-bond acceptors (Lipinski definition) is 3. The van der Waals surface area contributed by atoms with Crippen LogP contribution in [-0.2, 0) is 6.54 Å². The van der Waals surface area contributed by atoms with Gasteiger partial charge < -0.3 is 9.64 Å². The van der Waals surface area contributed by atoms with Crippen LogP contribution in [0.1, 0.15) is 16.7 Å². The monoisotopic (exact) mass is 368 g/mol. The molecule has 3 aromatic carbocycles. The van der Waals surface area contributed by atoms with Crippen LogP contribution in [0.15, 0.2) is 78.9 Å². The Labute approximate surface area is 166 Å². The zero-order chi connectivity index (χ0) is 18.8. The molecule has 0 unspecified atom stereocenters. The Morgan fingerprint density at radius 1 is 0.679 bits per heavy atom. The van der Waals surface area contributed by atoms with E-state index in [1.165, 1.54) is 16.8 Å². The molecule has 5 rings (SSSR count). The third kappa shape index (κ3) is 3.41. The molecule has 28 heavy (non-hydrogen) atoms. The number of benzene rings is 3. The molecule has 0 spiro atoms. The molecule has 1 saturated heterocycles. The van der Waals surface area contributed by atoms with Crippen molar-refractivity contribution in [3.05, 3.63) is 95.6 Å². The molecule has 0 amide bonds. The standard InChI is InChI=1S/C25H24N2O/c1-2-8-20(9-3-1)19-26-14-16-27(17-15-26)23-18-21-10-4-6-12-24(21)28-25-13-7-5-11-22(23)25/h1-13,18H,14-17,19H2. The Hall–Kier alpha value is -3.04. The zero-order valence-corrected chi connectivity index (χ0v) is 15.9. The van der Waals surface area contributed by atoms with E-state index in [1.807, 2.05) is 18.2 Å². The van der Waals surface area contributed by atoms with Crippen molar-refractivity contribution in [3.8, 4) is 11.5 Å². The molecule has 0 saturated carbocycles. The first-order valence-electron chi connectivity index (χ1n) is 9.96. The van der Waals surface area contributed by atoms with Gasteiger partial charge in [0.1, 0.15) is 11.5 Å². The second-order valence-electron chi connectivity index (χ2n) is 7.41. The van der Waals surface area contributed by atoms with Crippen molar-refractivity contribution in [2.24, 2.45) is 0 Å². The molecule has 3 heteroatoms. The lowest BCUT2D eigenvalue weighted by molar-refractivity contribution is 0.169. The fraction of sp³-hybridized carbons (Fsp3) is 0.200. The van der Waals surface area contributed by atoms with E-state index < -0.39 is 0 Å².